The van der Waals surface area contributed by atoms with Crippen molar-refractivity contribution in [2.45, 2.75) is 26.8 Å². The van der Waals surface area contributed by atoms with Crippen molar-refractivity contribution < 1.29 is 19.1 Å². The van der Waals surface area contributed by atoms with Gasteiger partial charge in [-0.25, -0.2) is 4.79 Å². The minimum absolute atomic E-state index is 0.0408. The van der Waals surface area contributed by atoms with Crippen molar-refractivity contribution in [1.29, 1.82) is 0 Å². The Morgan fingerprint density at radius 3 is 2.29 bits per heavy atom. The number of benzene rings is 1. The quantitative estimate of drug-likeness (QED) is 0.844. The average molecular weight is 294 g/mol. The number of hydrogen-bond donors (Lipinski definition) is 2. The van der Waals surface area contributed by atoms with Gasteiger partial charge < -0.3 is 14.8 Å². The lowest BCUT2D eigenvalue weighted by Crippen LogP contribution is -2.38. The van der Waals surface area contributed by atoms with Crippen LogP contribution >= 0.6 is 0 Å². The number of nitrogens with one attached hydrogen (secondary N) is 2. The molecule has 1 atom stereocenters. The van der Waals surface area contributed by atoms with Crippen molar-refractivity contribution >= 4 is 17.7 Å². The van der Waals surface area contributed by atoms with Crippen LogP contribution in [0.25, 0.3) is 0 Å². The van der Waals surface area contributed by atoms with Gasteiger partial charge >= 0.3 is 6.09 Å². The van der Waals surface area contributed by atoms with Gasteiger partial charge in [0.05, 0.1) is 7.11 Å². The summed E-state index contributed by atoms with van der Waals surface area (Å²) in [6, 6.07) is 6.78. The molecule has 21 heavy (non-hydrogen) atoms. The summed E-state index contributed by atoms with van der Waals surface area (Å²) >= 11 is 0. The monoisotopic (exact) mass is 294 g/mol. The van der Waals surface area contributed by atoms with Crippen LogP contribution in [0.1, 0.15) is 20.8 Å². The maximum Gasteiger partial charge on any atom is 0.411 e. The molecule has 0 saturated carbocycles. The molecule has 6 nitrogen and oxygen atoms in total. The lowest BCUT2D eigenvalue weighted by molar-refractivity contribution is -0.124. The number of carbonyl (C=O) groups is 2. The second kappa shape index (κ2) is 8.14. The van der Waals surface area contributed by atoms with Gasteiger partial charge in [0, 0.05) is 11.7 Å². The predicted molar refractivity (Wildman–Crippen MR) is 80.4 cm³/mol. The number of anilines is 1. The fraction of sp³-hybridized carbons (Fsp3) is 0.467. The molecule has 0 aliphatic heterocycles. The molecule has 0 bridgehead atoms. The Labute approximate surface area is 124 Å². The van der Waals surface area contributed by atoms with Crippen molar-refractivity contribution in [3.63, 3.8) is 0 Å². The number of carbonyl (C=O) groups excluding carboxylic acids is 2. The highest BCUT2D eigenvalue weighted by Gasteiger charge is 2.11. The zero-order valence-corrected chi connectivity index (χ0v) is 12.8. The Bertz CT molecular complexity index is 471. The first-order valence-electron chi connectivity index (χ1n) is 6.79. The molecule has 2 N–H and O–H groups in total. The van der Waals surface area contributed by atoms with Crippen LogP contribution in [0.3, 0.4) is 0 Å². The average Bonchev–Trinajstić information content (AvgIpc) is 2.46. The molecule has 0 aliphatic rings. The SMILES string of the molecule is COC(=O)Nc1ccc(OCC(=O)N[C@H](C)C(C)C)cc1. The zero-order valence-electron chi connectivity index (χ0n) is 12.8. The molecule has 0 fully saturated rings. The topological polar surface area (TPSA) is 76.7 Å². The molecule has 116 valence electrons. The molecule has 0 heterocycles. The van der Waals surface area contributed by atoms with E-state index < -0.39 is 6.09 Å². The Hall–Kier alpha value is -2.24. The van der Waals surface area contributed by atoms with Gasteiger partial charge in [-0.05, 0) is 37.1 Å². The molecular formula is C15H22N2O4. The second-order valence-electron chi connectivity index (χ2n) is 5.03. The molecule has 0 radical (unpaired) electrons. The van der Waals surface area contributed by atoms with Gasteiger partial charge in [0.25, 0.3) is 5.91 Å². The van der Waals surface area contributed by atoms with Crippen LogP contribution in [0, 0.1) is 5.92 Å². The normalized spacial score (nSPS) is 11.7. The van der Waals surface area contributed by atoms with Crippen molar-refractivity contribution in [2.24, 2.45) is 5.92 Å². The van der Waals surface area contributed by atoms with Gasteiger partial charge in [-0.2, -0.15) is 0 Å². The zero-order chi connectivity index (χ0) is 15.8. The van der Waals surface area contributed by atoms with Crippen molar-refractivity contribution in [2.75, 3.05) is 19.0 Å². The second-order valence-corrected chi connectivity index (χ2v) is 5.03. The largest absolute Gasteiger partial charge is 0.484 e. The Balaban J connectivity index is 2.42. The molecule has 0 aliphatic carbocycles. The van der Waals surface area contributed by atoms with Crippen molar-refractivity contribution in [1.82, 2.24) is 5.32 Å². The summed E-state index contributed by atoms with van der Waals surface area (Å²) in [5, 5.41) is 5.38. The standard InChI is InChI=1S/C15H22N2O4/c1-10(2)11(3)16-14(18)9-21-13-7-5-12(6-8-13)17-15(19)20-4/h5-8,10-11H,9H2,1-4H3,(H,16,18)(H,17,19)/t11-/m1/s1. The summed E-state index contributed by atoms with van der Waals surface area (Å²) in [6.07, 6.45) is -0.536. The highest BCUT2D eigenvalue weighted by Crippen LogP contribution is 2.15. The van der Waals surface area contributed by atoms with Crippen LogP contribution < -0.4 is 15.4 Å². The highest BCUT2D eigenvalue weighted by molar-refractivity contribution is 5.84. The van der Waals surface area contributed by atoms with Gasteiger partial charge in [-0.3, -0.25) is 10.1 Å². The number of methoxy groups -OCH3 is 1. The van der Waals surface area contributed by atoms with Crippen LogP contribution in [0.2, 0.25) is 0 Å². The van der Waals surface area contributed by atoms with E-state index in [1.165, 1.54) is 7.11 Å². The van der Waals surface area contributed by atoms with E-state index in [9.17, 15) is 9.59 Å². The number of hydrogen-bond acceptors (Lipinski definition) is 4. The Morgan fingerprint density at radius 2 is 1.76 bits per heavy atom. The molecule has 0 aromatic heterocycles. The molecule has 0 spiro atoms. The van der Waals surface area contributed by atoms with E-state index in [0.717, 1.165) is 0 Å². The summed E-state index contributed by atoms with van der Waals surface area (Å²) < 4.78 is 9.86. The number of amides is 2. The lowest BCUT2D eigenvalue weighted by Gasteiger charge is -2.17. The third-order valence-corrected chi connectivity index (χ3v) is 3.04. The minimum Gasteiger partial charge on any atom is -0.484 e. The van der Waals surface area contributed by atoms with Crippen LogP contribution in [0.15, 0.2) is 24.3 Å². The van der Waals surface area contributed by atoms with E-state index in [-0.39, 0.29) is 18.6 Å². The van der Waals surface area contributed by atoms with E-state index in [4.69, 9.17) is 4.74 Å². The fourth-order valence-electron chi connectivity index (χ4n) is 1.41. The van der Waals surface area contributed by atoms with Crippen LogP contribution in [-0.4, -0.2) is 31.8 Å². The van der Waals surface area contributed by atoms with E-state index in [2.05, 4.69) is 15.4 Å². The maximum absolute atomic E-state index is 11.7. The summed E-state index contributed by atoms with van der Waals surface area (Å²) in [4.78, 5) is 22.7. The number of ether oxygens (including phenoxy) is 2. The third-order valence-electron chi connectivity index (χ3n) is 3.04. The first kappa shape index (κ1) is 16.8. The third kappa shape index (κ3) is 6.16. The van der Waals surface area contributed by atoms with Gasteiger partial charge in [-0.1, -0.05) is 13.8 Å². The first-order chi connectivity index (χ1) is 9.92. The number of rotatable bonds is 6. The van der Waals surface area contributed by atoms with Gasteiger partial charge in [0.2, 0.25) is 0 Å². The van der Waals surface area contributed by atoms with E-state index >= 15 is 0 Å². The van der Waals surface area contributed by atoms with Crippen molar-refractivity contribution in [3.05, 3.63) is 24.3 Å². The van der Waals surface area contributed by atoms with Crippen molar-refractivity contribution in [3.8, 4) is 5.75 Å². The molecule has 2 amide bonds. The molecule has 0 saturated heterocycles. The van der Waals surface area contributed by atoms with Crippen LogP contribution in [0.5, 0.6) is 5.75 Å². The van der Waals surface area contributed by atoms with Gasteiger partial charge in [-0.15, -0.1) is 0 Å². The smallest absolute Gasteiger partial charge is 0.411 e. The Kier molecular flexibility index (Phi) is 6.52. The Morgan fingerprint density at radius 1 is 1.14 bits per heavy atom. The summed E-state index contributed by atoms with van der Waals surface area (Å²) in [5.74, 6) is 0.767. The molecule has 1 aromatic carbocycles. The van der Waals surface area contributed by atoms with E-state index in [0.29, 0.717) is 17.4 Å². The first-order valence-corrected chi connectivity index (χ1v) is 6.79. The highest BCUT2D eigenvalue weighted by atomic mass is 16.5. The van der Waals surface area contributed by atoms with Crippen LogP contribution in [-0.2, 0) is 9.53 Å². The lowest BCUT2D eigenvalue weighted by atomic mass is 10.1. The fourth-order valence-corrected chi connectivity index (χ4v) is 1.41. The minimum atomic E-state index is -0.536. The molecule has 0 unspecified atom stereocenters. The summed E-state index contributed by atoms with van der Waals surface area (Å²) in [7, 11) is 1.30. The van der Waals surface area contributed by atoms with Gasteiger partial charge in [0.15, 0.2) is 6.61 Å². The van der Waals surface area contributed by atoms with Crippen LogP contribution in [0.4, 0.5) is 10.5 Å². The molecule has 1 aromatic rings. The summed E-state index contributed by atoms with van der Waals surface area (Å²) in [5.41, 5.74) is 0.590. The molecule has 6 heteroatoms. The summed E-state index contributed by atoms with van der Waals surface area (Å²) in [6.45, 7) is 5.99. The maximum atomic E-state index is 11.7. The van der Waals surface area contributed by atoms with E-state index in [1.54, 1.807) is 24.3 Å². The predicted octanol–water partition coefficient (Wildman–Crippen LogP) is 2.40. The molecule has 1 rings (SSSR count). The van der Waals surface area contributed by atoms with E-state index in [1.807, 2.05) is 20.8 Å². The van der Waals surface area contributed by atoms with Gasteiger partial charge in [0.1, 0.15) is 5.75 Å². The molecular weight excluding hydrogens is 272 g/mol.